The standard InChI is InChI=1S/C28H34N4O5/c1-4-18-11-19(24(36-3)13-22(18)33)9-10-28(20-7-5-6-8-20)14-23(34)21(26(35)37-28)12-25-30-27-29-15-17(2)16-32(27)31-25/h11,13,15-16,20-21,33H,4-10,12,14H2,1-3H3/t21?,28-/m1/s1. The maximum atomic E-state index is 13.5. The monoisotopic (exact) mass is 506 g/mol. The Morgan fingerprint density at radius 2 is 2.00 bits per heavy atom. The summed E-state index contributed by atoms with van der Waals surface area (Å²) < 4.78 is 13.4. The predicted molar refractivity (Wildman–Crippen MR) is 135 cm³/mol. The van der Waals surface area contributed by atoms with Crippen LogP contribution < -0.4 is 4.74 Å². The van der Waals surface area contributed by atoms with Crippen LogP contribution in [0.5, 0.6) is 11.5 Å². The van der Waals surface area contributed by atoms with Crippen molar-refractivity contribution in [2.75, 3.05) is 7.11 Å². The molecular formula is C28H34N4O5. The van der Waals surface area contributed by atoms with Gasteiger partial charge in [-0.15, -0.1) is 5.10 Å². The van der Waals surface area contributed by atoms with Crippen LogP contribution in [0, 0.1) is 18.8 Å². The van der Waals surface area contributed by atoms with Gasteiger partial charge in [0, 0.05) is 31.3 Å². The Bertz CT molecular complexity index is 1310. The second-order valence-corrected chi connectivity index (χ2v) is 10.4. The van der Waals surface area contributed by atoms with Crippen LogP contribution in [0.15, 0.2) is 24.5 Å². The van der Waals surface area contributed by atoms with E-state index in [0.29, 0.717) is 36.6 Å². The van der Waals surface area contributed by atoms with Gasteiger partial charge in [0.05, 0.1) is 7.11 Å². The fraction of sp³-hybridized carbons (Fsp3) is 0.536. The first-order valence-corrected chi connectivity index (χ1v) is 13.1. The van der Waals surface area contributed by atoms with Crippen molar-refractivity contribution in [1.29, 1.82) is 0 Å². The predicted octanol–water partition coefficient (Wildman–Crippen LogP) is 3.95. The number of Topliss-reactive ketones (excluding diaryl/α,β-unsaturated/α-hetero) is 1. The summed E-state index contributed by atoms with van der Waals surface area (Å²) in [5.74, 6) is 0.287. The highest BCUT2D eigenvalue weighted by Crippen LogP contribution is 2.45. The molecule has 9 nitrogen and oxygen atoms in total. The minimum atomic E-state index is -0.914. The summed E-state index contributed by atoms with van der Waals surface area (Å²) in [5.41, 5.74) is 1.89. The number of esters is 1. The van der Waals surface area contributed by atoms with Crippen LogP contribution in [0.3, 0.4) is 0 Å². The molecule has 1 N–H and O–H groups in total. The van der Waals surface area contributed by atoms with Gasteiger partial charge in [0.2, 0.25) is 0 Å². The number of rotatable bonds is 8. The van der Waals surface area contributed by atoms with Gasteiger partial charge < -0.3 is 14.6 Å². The number of ether oxygens (including phenoxy) is 2. The Morgan fingerprint density at radius 3 is 2.70 bits per heavy atom. The molecule has 3 heterocycles. The van der Waals surface area contributed by atoms with Crippen LogP contribution in [-0.4, -0.2) is 49.2 Å². The van der Waals surface area contributed by atoms with Crippen LogP contribution >= 0.6 is 0 Å². The number of benzene rings is 1. The molecule has 1 unspecified atom stereocenters. The SMILES string of the molecule is CCc1cc(CC[C@]2(C3CCCC3)CC(=O)C(Cc3nc4ncc(C)cn4n3)C(=O)O2)c(OC)cc1O. The third kappa shape index (κ3) is 4.91. The minimum absolute atomic E-state index is 0.104. The number of ketones is 1. The fourth-order valence-corrected chi connectivity index (χ4v) is 5.94. The lowest BCUT2D eigenvalue weighted by molar-refractivity contribution is -0.185. The average molecular weight is 507 g/mol. The Hall–Kier alpha value is -3.49. The summed E-state index contributed by atoms with van der Waals surface area (Å²) in [4.78, 5) is 35.5. The third-order valence-electron chi connectivity index (χ3n) is 7.98. The van der Waals surface area contributed by atoms with Gasteiger partial charge in [0.15, 0.2) is 11.6 Å². The molecular weight excluding hydrogens is 472 g/mol. The molecule has 2 fully saturated rings. The number of cyclic esters (lactones) is 1. The van der Waals surface area contributed by atoms with Gasteiger partial charge in [0.25, 0.3) is 5.78 Å². The molecule has 2 atom stereocenters. The number of aryl methyl sites for hydroxylation is 3. The molecule has 1 aromatic carbocycles. The number of carbonyl (C=O) groups is 2. The quantitative estimate of drug-likeness (QED) is 0.361. The molecule has 37 heavy (non-hydrogen) atoms. The summed E-state index contributed by atoms with van der Waals surface area (Å²) in [6, 6.07) is 3.60. The minimum Gasteiger partial charge on any atom is -0.508 e. The zero-order chi connectivity index (χ0) is 26.2. The van der Waals surface area contributed by atoms with Crippen molar-refractivity contribution in [2.24, 2.45) is 11.8 Å². The molecule has 1 aliphatic heterocycles. The van der Waals surface area contributed by atoms with Crippen LogP contribution in [0.2, 0.25) is 0 Å². The average Bonchev–Trinajstić information content (AvgIpc) is 3.55. The van der Waals surface area contributed by atoms with E-state index in [2.05, 4.69) is 15.1 Å². The van der Waals surface area contributed by atoms with Gasteiger partial charge in [-0.1, -0.05) is 19.8 Å². The van der Waals surface area contributed by atoms with Crippen molar-refractivity contribution in [3.63, 3.8) is 0 Å². The topological polar surface area (TPSA) is 116 Å². The van der Waals surface area contributed by atoms with Crippen molar-refractivity contribution >= 4 is 17.5 Å². The molecule has 0 amide bonds. The van der Waals surface area contributed by atoms with E-state index >= 15 is 0 Å². The molecule has 5 rings (SSSR count). The molecule has 1 aliphatic carbocycles. The summed E-state index contributed by atoms with van der Waals surface area (Å²) in [6.45, 7) is 3.90. The molecule has 0 spiro atoms. The highest BCUT2D eigenvalue weighted by molar-refractivity contribution is 6.01. The van der Waals surface area contributed by atoms with E-state index in [4.69, 9.17) is 9.47 Å². The number of aromatic nitrogens is 4. The third-order valence-corrected chi connectivity index (χ3v) is 7.98. The van der Waals surface area contributed by atoms with Gasteiger partial charge in [0.1, 0.15) is 23.0 Å². The number of hydrogen-bond donors (Lipinski definition) is 1. The molecule has 9 heteroatoms. The number of phenols is 1. The van der Waals surface area contributed by atoms with Crippen LogP contribution in [0.1, 0.15) is 68.0 Å². The zero-order valence-electron chi connectivity index (χ0n) is 21.7. The molecule has 1 saturated carbocycles. The normalized spacial score (nSPS) is 22.5. The maximum Gasteiger partial charge on any atom is 0.317 e. The van der Waals surface area contributed by atoms with Crippen molar-refractivity contribution in [3.05, 3.63) is 47.0 Å². The molecule has 2 aliphatic rings. The van der Waals surface area contributed by atoms with Crippen LogP contribution in [0.25, 0.3) is 5.78 Å². The van der Waals surface area contributed by atoms with Crippen LogP contribution in [-0.2, 0) is 33.6 Å². The molecule has 2 aromatic heterocycles. The zero-order valence-corrected chi connectivity index (χ0v) is 21.7. The molecule has 0 radical (unpaired) electrons. The number of fused-ring (bicyclic) bond motifs is 1. The van der Waals surface area contributed by atoms with Gasteiger partial charge in [-0.05, 0) is 67.7 Å². The van der Waals surface area contributed by atoms with Crippen molar-refractivity contribution in [2.45, 2.75) is 77.2 Å². The van der Waals surface area contributed by atoms with Gasteiger partial charge in [-0.3, -0.25) is 9.59 Å². The molecule has 3 aromatic rings. The van der Waals surface area contributed by atoms with Gasteiger partial charge in [-0.2, -0.15) is 4.98 Å². The first-order chi connectivity index (χ1) is 17.8. The smallest absolute Gasteiger partial charge is 0.317 e. The maximum absolute atomic E-state index is 13.5. The first kappa shape index (κ1) is 25.2. The summed E-state index contributed by atoms with van der Waals surface area (Å²) in [7, 11) is 1.58. The number of carbonyl (C=O) groups excluding carboxylic acids is 2. The summed E-state index contributed by atoms with van der Waals surface area (Å²) in [5, 5.41) is 14.7. The first-order valence-electron chi connectivity index (χ1n) is 13.1. The van der Waals surface area contributed by atoms with E-state index in [0.717, 1.165) is 42.4 Å². The Kier molecular flexibility index (Phi) is 6.88. The van der Waals surface area contributed by atoms with E-state index in [1.807, 2.05) is 26.1 Å². The second-order valence-electron chi connectivity index (χ2n) is 10.4. The molecule has 0 bridgehead atoms. The number of hydrogen-bond acceptors (Lipinski definition) is 8. The van der Waals surface area contributed by atoms with Crippen LogP contribution in [0.4, 0.5) is 0 Å². The number of aromatic hydroxyl groups is 1. The number of nitrogens with zero attached hydrogens (tertiary/aromatic N) is 4. The summed E-state index contributed by atoms with van der Waals surface area (Å²) >= 11 is 0. The van der Waals surface area contributed by atoms with E-state index in [1.54, 1.807) is 23.9 Å². The lowest BCUT2D eigenvalue weighted by Gasteiger charge is -2.43. The van der Waals surface area contributed by atoms with Gasteiger partial charge in [-0.25, -0.2) is 9.50 Å². The fourth-order valence-electron chi connectivity index (χ4n) is 5.94. The molecule has 196 valence electrons. The lowest BCUT2D eigenvalue weighted by atomic mass is 9.73. The molecule has 1 saturated heterocycles. The van der Waals surface area contributed by atoms with E-state index < -0.39 is 17.5 Å². The largest absolute Gasteiger partial charge is 0.508 e. The Balaban J connectivity index is 1.37. The van der Waals surface area contributed by atoms with E-state index in [1.165, 1.54) is 0 Å². The lowest BCUT2D eigenvalue weighted by Crippen LogP contribution is -2.52. The van der Waals surface area contributed by atoms with E-state index in [-0.39, 0.29) is 30.3 Å². The highest BCUT2D eigenvalue weighted by Gasteiger charge is 2.51. The number of methoxy groups -OCH3 is 1. The van der Waals surface area contributed by atoms with Crippen molar-refractivity contribution < 1.29 is 24.2 Å². The summed E-state index contributed by atoms with van der Waals surface area (Å²) in [6.07, 6.45) is 9.64. The highest BCUT2D eigenvalue weighted by atomic mass is 16.6. The van der Waals surface area contributed by atoms with Crippen molar-refractivity contribution in [3.8, 4) is 11.5 Å². The van der Waals surface area contributed by atoms with Gasteiger partial charge >= 0.3 is 5.97 Å². The Labute approximate surface area is 216 Å². The Morgan fingerprint density at radius 1 is 1.22 bits per heavy atom. The second kappa shape index (κ2) is 10.1. The number of phenolic OH excluding ortho intramolecular Hbond substituents is 1. The van der Waals surface area contributed by atoms with Crippen molar-refractivity contribution in [1.82, 2.24) is 19.6 Å². The van der Waals surface area contributed by atoms with E-state index in [9.17, 15) is 14.7 Å².